The second kappa shape index (κ2) is 5.32. The summed E-state index contributed by atoms with van der Waals surface area (Å²) in [7, 11) is 1.56. The Morgan fingerprint density at radius 2 is 2.21 bits per heavy atom. The van der Waals surface area contributed by atoms with E-state index in [2.05, 4.69) is 5.16 Å². The van der Waals surface area contributed by atoms with Crippen LogP contribution >= 0.6 is 11.6 Å². The molecule has 6 heteroatoms. The van der Waals surface area contributed by atoms with Gasteiger partial charge in [-0.3, -0.25) is 0 Å². The fraction of sp³-hybridized carbons (Fsp3) is 0.231. The summed E-state index contributed by atoms with van der Waals surface area (Å²) in [6, 6.07) is 4.79. The van der Waals surface area contributed by atoms with Crippen LogP contribution in [0.2, 0.25) is 5.02 Å². The van der Waals surface area contributed by atoms with Gasteiger partial charge < -0.3 is 14.4 Å². The lowest BCUT2D eigenvalue weighted by Crippen LogP contribution is -1.95. The van der Waals surface area contributed by atoms with Gasteiger partial charge in [0.25, 0.3) is 0 Å². The first kappa shape index (κ1) is 13.4. The number of methoxy groups -OCH3 is 1. The molecule has 1 aromatic heterocycles. The molecule has 100 valence electrons. The number of aromatic nitrogens is 1. The Morgan fingerprint density at radius 1 is 1.47 bits per heavy atom. The highest BCUT2D eigenvalue weighted by atomic mass is 35.5. The van der Waals surface area contributed by atoms with Crippen molar-refractivity contribution in [1.29, 1.82) is 0 Å². The summed E-state index contributed by atoms with van der Waals surface area (Å²) in [6.45, 7) is 1.97. The Labute approximate surface area is 114 Å². The predicted octanol–water partition coefficient (Wildman–Crippen LogP) is 3.26. The van der Waals surface area contributed by atoms with Crippen molar-refractivity contribution in [1.82, 2.24) is 5.16 Å². The first-order chi connectivity index (χ1) is 9.06. The van der Waals surface area contributed by atoms with Gasteiger partial charge in [-0.15, -0.1) is 0 Å². The molecule has 0 aliphatic carbocycles. The molecule has 19 heavy (non-hydrogen) atoms. The molecule has 0 unspecified atom stereocenters. The third-order valence-electron chi connectivity index (χ3n) is 2.74. The molecule has 0 fully saturated rings. The fourth-order valence-corrected chi connectivity index (χ4v) is 2.10. The van der Waals surface area contributed by atoms with Gasteiger partial charge in [-0.05, 0) is 18.6 Å². The van der Waals surface area contributed by atoms with E-state index in [1.165, 1.54) is 6.07 Å². The van der Waals surface area contributed by atoms with Crippen LogP contribution in [0.15, 0.2) is 22.7 Å². The highest BCUT2D eigenvalue weighted by Crippen LogP contribution is 2.34. The van der Waals surface area contributed by atoms with Gasteiger partial charge in [-0.25, -0.2) is 4.79 Å². The molecule has 2 rings (SSSR count). The molecule has 0 atom stereocenters. The number of hydrogen-bond donors (Lipinski definition) is 1. The number of carbonyl (C=O) groups is 1. The topological polar surface area (TPSA) is 72.6 Å². The summed E-state index contributed by atoms with van der Waals surface area (Å²) in [4.78, 5) is 10.8. The summed E-state index contributed by atoms with van der Waals surface area (Å²) < 4.78 is 10.0. The van der Waals surface area contributed by atoms with Gasteiger partial charge in [-0.2, -0.15) is 0 Å². The summed E-state index contributed by atoms with van der Waals surface area (Å²) in [6.07, 6.45) is 0.699. The van der Waals surface area contributed by atoms with Gasteiger partial charge >= 0.3 is 5.97 Å². The number of halogens is 1. The maximum absolute atomic E-state index is 10.8. The number of benzene rings is 1. The number of nitrogens with zero attached hydrogens (tertiary/aromatic N) is 1. The van der Waals surface area contributed by atoms with E-state index in [0.717, 1.165) is 5.56 Å². The van der Waals surface area contributed by atoms with E-state index in [1.807, 2.05) is 6.92 Å². The molecule has 0 radical (unpaired) electrons. The fourth-order valence-electron chi connectivity index (χ4n) is 1.89. The van der Waals surface area contributed by atoms with Gasteiger partial charge in [0.05, 0.1) is 7.11 Å². The van der Waals surface area contributed by atoms with E-state index >= 15 is 0 Å². The molecule has 0 aliphatic heterocycles. The number of carboxylic acid groups (broad SMARTS) is 1. The molecule has 0 bridgehead atoms. The van der Waals surface area contributed by atoms with E-state index in [4.69, 9.17) is 26.0 Å². The number of carboxylic acids is 1. The Balaban J connectivity index is 2.59. The quantitative estimate of drug-likeness (QED) is 0.931. The lowest BCUT2D eigenvalue weighted by molar-refractivity contribution is 0.0652. The summed E-state index contributed by atoms with van der Waals surface area (Å²) >= 11 is 6.02. The van der Waals surface area contributed by atoms with Gasteiger partial charge in [0.15, 0.2) is 0 Å². The number of rotatable bonds is 4. The van der Waals surface area contributed by atoms with Crippen molar-refractivity contribution >= 4 is 17.6 Å². The van der Waals surface area contributed by atoms with E-state index in [-0.39, 0.29) is 5.76 Å². The molecule has 0 spiro atoms. The average molecular weight is 282 g/mol. The van der Waals surface area contributed by atoms with E-state index < -0.39 is 5.97 Å². The van der Waals surface area contributed by atoms with Crippen molar-refractivity contribution in [2.24, 2.45) is 0 Å². The second-order valence-electron chi connectivity index (χ2n) is 3.87. The molecule has 0 aliphatic rings. The van der Waals surface area contributed by atoms with Gasteiger partial charge in [-0.1, -0.05) is 23.7 Å². The maximum atomic E-state index is 10.8. The molecule has 0 saturated carbocycles. The number of hydrogen-bond acceptors (Lipinski definition) is 4. The van der Waals surface area contributed by atoms with E-state index in [1.54, 1.807) is 19.2 Å². The highest BCUT2D eigenvalue weighted by Gasteiger charge is 2.17. The average Bonchev–Trinajstić information content (AvgIpc) is 2.87. The minimum absolute atomic E-state index is 0.212. The maximum Gasteiger partial charge on any atom is 0.374 e. The minimum Gasteiger partial charge on any atom is -0.496 e. The van der Waals surface area contributed by atoms with Gasteiger partial charge in [0.2, 0.25) is 5.76 Å². The van der Waals surface area contributed by atoms with Crippen LogP contribution < -0.4 is 4.74 Å². The Bertz CT molecular complexity index is 621. The normalized spacial score (nSPS) is 10.5. The highest BCUT2D eigenvalue weighted by molar-refractivity contribution is 6.31. The number of aromatic carboxylic acids is 1. The third-order valence-corrected chi connectivity index (χ3v) is 2.96. The molecule has 5 nitrogen and oxygen atoms in total. The zero-order valence-electron chi connectivity index (χ0n) is 10.4. The molecule has 0 saturated heterocycles. The Hall–Kier alpha value is -2.01. The summed E-state index contributed by atoms with van der Waals surface area (Å²) in [5, 5.41) is 13.1. The lowest BCUT2D eigenvalue weighted by atomic mass is 10.0. The largest absolute Gasteiger partial charge is 0.496 e. The van der Waals surface area contributed by atoms with Crippen molar-refractivity contribution < 1.29 is 19.2 Å². The van der Waals surface area contributed by atoms with Crippen LogP contribution in [0.1, 0.15) is 23.0 Å². The van der Waals surface area contributed by atoms with Crippen LogP contribution in [0.5, 0.6) is 5.75 Å². The zero-order valence-corrected chi connectivity index (χ0v) is 11.2. The monoisotopic (exact) mass is 281 g/mol. The van der Waals surface area contributed by atoms with Crippen LogP contribution in [0, 0.1) is 0 Å². The minimum atomic E-state index is -1.16. The van der Waals surface area contributed by atoms with Crippen molar-refractivity contribution in [2.75, 3.05) is 7.11 Å². The smallest absolute Gasteiger partial charge is 0.374 e. The third kappa shape index (κ3) is 2.56. The number of ether oxygens (including phenoxy) is 1. The van der Waals surface area contributed by atoms with Gasteiger partial charge in [0.1, 0.15) is 11.4 Å². The van der Waals surface area contributed by atoms with Crippen molar-refractivity contribution in [3.8, 4) is 17.0 Å². The molecule has 1 N–H and O–H groups in total. The molecular weight excluding hydrogens is 270 g/mol. The Morgan fingerprint density at radius 3 is 2.74 bits per heavy atom. The van der Waals surface area contributed by atoms with E-state index in [0.29, 0.717) is 28.5 Å². The van der Waals surface area contributed by atoms with Crippen molar-refractivity contribution in [2.45, 2.75) is 13.3 Å². The molecule has 1 aromatic carbocycles. The molecule has 2 aromatic rings. The first-order valence-electron chi connectivity index (χ1n) is 5.63. The molecule has 1 heterocycles. The lowest BCUT2D eigenvalue weighted by Gasteiger charge is -2.11. The molecular formula is C13H12ClNO4. The van der Waals surface area contributed by atoms with Crippen LogP contribution in [0.4, 0.5) is 0 Å². The van der Waals surface area contributed by atoms with Crippen LogP contribution in [-0.4, -0.2) is 23.3 Å². The van der Waals surface area contributed by atoms with Crippen LogP contribution in [0.25, 0.3) is 11.3 Å². The van der Waals surface area contributed by atoms with Crippen LogP contribution in [0.3, 0.4) is 0 Å². The predicted molar refractivity (Wildman–Crippen MR) is 69.8 cm³/mol. The van der Waals surface area contributed by atoms with E-state index in [9.17, 15) is 4.79 Å². The van der Waals surface area contributed by atoms with Crippen LogP contribution in [-0.2, 0) is 6.42 Å². The summed E-state index contributed by atoms with van der Waals surface area (Å²) in [5.74, 6) is -0.730. The SMILES string of the molecule is CCc1c(OC)cc(Cl)cc1-c1cc(C(=O)O)on1. The Kier molecular flexibility index (Phi) is 3.76. The summed E-state index contributed by atoms with van der Waals surface area (Å²) in [5.41, 5.74) is 2.04. The zero-order chi connectivity index (χ0) is 14.0. The van der Waals surface area contributed by atoms with Crippen molar-refractivity contribution in [3.05, 3.63) is 34.5 Å². The first-order valence-corrected chi connectivity index (χ1v) is 6.01. The second-order valence-corrected chi connectivity index (χ2v) is 4.31. The standard InChI is InChI=1S/C13H12ClNO4/c1-3-8-9(4-7(14)5-11(8)18-2)10-6-12(13(16)17)19-15-10/h4-6H,3H2,1-2H3,(H,16,17). The molecule has 0 amide bonds. The van der Waals surface area contributed by atoms with Crippen molar-refractivity contribution in [3.63, 3.8) is 0 Å². The van der Waals surface area contributed by atoms with Gasteiger partial charge in [0, 0.05) is 22.2 Å².